The summed E-state index contributed by atoms with van der Waals surface area (Å²) in [5.74, 6) is -4.95. The number of rotatable bonds is 16. The zero-order valence-corrected chi connectivity index (χ0v) is 40.0. The Labute approximate surface area is 409 Å². The number of carbonyl (C=O) groups excluding carboxylic acids is 1. The van der Waals surface area contributed by atoms with Crippen LogP contribution in [0.1, 0.15) is 84.4 Å². The lowest BCUT2D eigenvalue weighted by Crippen LogP contribution is -2.15. The van der Waals surface area contributed by atoms with Crippen molar-refractivity contribution in [2.45, 2.75) is 59.1 Å². The minimum absolute atomic E-state index is 0.0771. The zero-order valence-electron chi connectivity index (χ0n) is 36.8. The molecule has 0 radical (unpaired) electrons. The minimum Gasteiger partial charge on any atom is -0.478 e. The molecule has 3 atom stereocenters. The van der Waals surface area contributed by atoms with Crippen molar-refractivity contribution in [3.8, 4) is 22.9 Å². The second-order valence-corrected chi connectivity index (χ2v) is 16.7. The Bertz CT molecular complexity index is 3250. The largest absolute Gasteiger partial charge is 0.478 e. The van der Waals surface area contributed by atoms with Crippen molar-refractivity contribution in [1.29, 1.82) is 0 Å². The van der Waals surface area contributed by atoms with Gasteiger partial charge in [-0.1, -0.05) is 0 Å². The van der Waals surface area contributed by atoms with Gasteiger partial charge in [0.25, 0.3) is 0 Å². The lowest BCUT2D eigenvalue weighted by molar-refractivity contribution is -0.390. The van der Waals surface area contributed by atoms with Crippen LogP contribution >= 0.6 is 31.9 Å². The number of aryl methyl sites for hydroxylation is 2. The molecule has 0 saturated heterocycles. The first-order chi connectivity index (χ1) is 33.3. The third kappa shape index (κ3) is 11.1. The number of nitrogens with zero attached hydrogens (tertiary/aromatic N) is 12. The average molecular weight is 1100 g/mol. The molecule has 8 rings (SSSR count). The van der Waals surface area contributed by atoms with Gasteiger partial charge in [-0.3, -0.25) is 14.2 Å². The van der Waals surface area contributed by atoms with Crippen LogP contribution in [0.25, 0.3) is 11.4 Å². The van der Waals surface area contributed by atoms with Crippen molar-refractivity contribution in [1.82, 2.24) is 49.1 Å². The van der Waals surface area contributed by atoms with Crippen LogP contribution < -0.4 is 9.47 Å². The highest BCUT2D eigenvalue weighted by Crippen LogP contribution is 2.36. The zero-order chi connectivity index (χ0) is 50.6. The van der Waals surface area contributed by atoms with E-state index in [1.54, 1.807) is 22.5 Å². The van der Waals surface area contributed by atoms with E-state index in [1.807, 2.05) is 13.8 Å². The number of benzene rings is 2. The molecule has 0 saturated carbocycles. The summed E-state index contributed by atoms with van der Waals surface area (Å²) < 4.78 is 74.8. The van der Waals surface area contributed by atoms with Crippen molar-refractivity contribution in [2.24, 2.45) is 0 Å². The molecule has 0 spiro atoms. The molecule has 6 heterocycles. The summed E-state index contributed by atoms with van der Waals surface area (Å²) in [7, 11) is 0. The van der Waals surface area contributed by atoms with Gasteiger partial charge in [-0.25, -0.2) is 18.1 Å². The van der Waals surface area contributed by atoms with Crippen molar-refractivity contribution in [3.05, 3.63) is 184 Å². The summed E-state index contributed by atoms with van der Waals surface area (Å²) in [5.41, 5.74) is 1.33. The van der Waals surface area contributed by atoms with Crippen LogP contribution in [0.5, 0.6) is 11.5 Å². The van der Waals surface area contributed by atoms with E-state index in [4.69, 9.17) is 9.47 Å². The topological polar surface area (TPSA) is 239 Å². The number of nitro groups is 2. The number of hydrogen-bond acceptors (Lipinski definition) is 14. The van der Waals surface area contributed by atoms with Crippen molar-refractivity contribution < 1.29 is 46.8 Å². The third-order valence-electron chi connectivity index (χ3n) is 10.3. The molecule has 0 bridgehead atoms. The molecule has 1 N–H and O–H groups in total. The summed E-state index contributed by atoms with van der Waals surface area (Å²) in [6.45, 7) is 7.91. The van der Waals surface area contributed by atoms with Crippen LogP contribution in [-0.4, -0.2) is 69.8 Å². The van der Waals surface area contributed by atoms with Gasteiger partial charge in [0.2, 0.25) is 29.2 Å². The van der Waals surface area contributed by atoms with Crippen LogP contribution in [0.2, 0.25) is 0 Å². The molecule has 3 unspecified atom stereocenters. The lowest BCUT2D eigenvalue weighted by atomic mass is 10.1. The van der Waals surface area contributed by atoms with E-state index < -0.39 is 69.1 Å². The number of aliphatic hydroxyl groups excluding tert-OH is 1. The molecule has 8 aromatic rings. The van der Waals surface area contributed by atoms with Gasteiger partial charge in [0.05, 0.1) is 44.0 Å². The van der Waals surface area contributed by atoms with Gasteiger partial charge < -0.3 is 34.8 Å². The van der Waals surface area contributed by atoms with Crippen LogP contribution in [0.15, 0.2) is 107 Å². The highest BCUT2D eigenvalue weighted by atomic mass is 79.9. The smallest absolute Gasteiger partial charge is 0.406 e. The van der Waals surface area contributed by atoms with Gasteiger partial charge in [0.15, 0.2) is 12.4 Å². The second-order valence-electron chi connectivity index (χ2n) is 14.9. The molecule has 0 fully saturated rings. The van der Waals surface area contributed by atoms with Crippen molar-refractivity contribution in [2.75, 3.05) is 0 Å². The second kappa shape index (κ2) is 21.3. The number of ether oxygens (including phenoxy) is 2. The van der Waals surface area contributed by atoms with Gasteiger partial charge in [0.1, 0.15) is 35.6 Å². The highest BCUT2D eigenvalue weighted by molar-refractivity contribution is 9.10. The van der Waals surface area contributed by atoms with Crippen molar-refractivity contribution in [3.63, 3.8) is 0 Å². The summed E-state index contributed by atoms with van der Waals surface area (Å²) in [6, 6.07) is 12.0. The Kier molecular flexibility index (Phi) is 15.3. The minimum atomic E-state index is -1.28. The SMILES string of the molecule is CCn1cc(C(=O)c2cc(F)nn2-c2ccc(F)cc2C(C)Oc2cc(Br)cnc2[N+](=O)[O-])cn1.CCn1cc(C(O)c2cc(F)nn2-c2ccc(F)cc2C(C)Oc2cc(Br)cnc2[N+](=O)[O-])cn1. The number of pyridine rings is 2. The van der Waals surface area contributed by atoms with E-state index in [0.29, 0.717) is 27.6 Å². The Morgan fingerprint density at radius 2 is 1.19 bits per heavy atom. The molecule has 6 aromatic heterocycles. The predicted molar refractivity (Wildman–Crippen MR) is 246 cm³/mol. The predicted octanol–water partition coefficient (Wildman–Crippen LogP) is 9.46. The number of hydrogen-bond donors (Lipinski definition) is 1. The van der Waals surface area contributed by atoms with E-state index in [1.165, 1.54) is 62.2 Å². The summed E-state index contributed by atoms with van der Waals surface area (Å²) in [5, 5.41) is 49.5. The molecule has 362 valence electrons. The van der Waals surface area contributed by atoms with Crippen LogP contribution in [0.3, 0.4) is 0 Å². The van der Waals surface area contributed by atoms with E-state index in [9.17, 15) is 47.7 Å². The average Bonchev–Trinajstić information content (AvgIpc) is 4.16. The summed E-state index contributed by atoms with van der Waals surface area (Å²) >= 11 is 6.38. The van der Waals surface area contributed by atoms with Crippen LogP contribution in [-0.2, 0) is 13.1 Å². The fourth-order valence-corrected chi connectivity index (χ4v) is 7.61. The Hall–Kier alpha value is -7.71. The fourth-order valence-electron chi connectivity index (χ4n) is 6.99. The Balaban J connectivity index is 0.000000206. The van der Waals surface area contributed by atoms with Crippen molar-refractivity contribution >= 4 is 49.3 Å². The number of aromatic nitrogens is 10. The Morgan fingerprint density at radius 3 is 1.69 bits per heavy atom. The Morgan fingerprint density at radius 1 is 0.700 bits per heavy atom. The third-order valence-corrected chi connectivity index (χ3v) is 11.1. The van der Waals surface area contributed by atoms with Gasteiger partial charge in [-0.15, -0.1) is 10.2 Å². The fraction of sp³-hybridized carbons (Fsp3) is 0.205. The van der Waals surface area contributed by atoms with Crippen LogP contribution in [0, 0.1) is 43.8 Å². The molecule has 0 aliphatic carbocycles. The normalized spacial score (nSPS) is 12.4. The number of ketones is 1. The summed E-state index contributed by atoms with van der Waals surface area (Å²) in [4.78, 5) is 41.9. The molecule has 20 nitrogen and oxygen atoms in total. The van der Waals surface area contributed by atoms with Gasteiger partial charge in [-0.05, 0) is 116 Å². The maximum absolute atomic E-state index is 14.3. The quantitative estimate of drug-likeness (QED) is 0.0410. The highest BCUT2D eigenvalue weighted by Gasteiger charge is 2.28. The molecule has 26 heteroatoms. The molecular weight excluding hydrogens is 1060 g/mol. The molecule has 0 amide bonds. The first kappa shape index (κ1) is 50.2. The van der Waals surface area contributed by atoms with Gasteiger partial charge in [-0.2, -0.15) is 19.0 Å². The molecule has 0 aliphatic rings. The lowest BCUT2D eigenvalue weighted by Gasteiger charge is -2.20. The molecular formula is C44H36Br2F4N12O8. The van der Waals surface area contributed by atoms with E-state index in [-0.39, 0.29) is 51.0 Å². The molecule has 70 heavy (non-hydrogen) atoms. The van der Waals surface area contributed by atoms with E-state index in [2.05, 4.69) is 62.2 Å². The number of halogens is 6. The van der Waals surface area contributed by atoms with E-state index in [0.717, 1.165) is 45.8 Å². The number of aliphatic hydroxyl groups is 1. The molecule has 2 aromatic carbocycles. The van der Waals surface area contributed by atoms with Gasteiger partial charge in [0, 0.05) is 66.4 Å². The summed E-state index contributed by atoms with van der Waals surface area (Å²) in [6.07, 6.45) is 5.25. The van der Waals surface area contributed by atoms with Crippen LogP contribution in [0.4, 0.5) is 29.2 Å². The van der Waals surface area contributed by atoms with E-state index >= 15 is 0 Å². The standard InChI is InChI=1S/C22H19BrF2N6O4.C22H17BrF2N6O4/c2*1-3-29-11-13(9-27-29)21(32)18-8-20(25)28-30(18)17-5-4-15(24)7-16(17)12(2)35-19-6-14(23)10-26-22(19)31(33)34/h4-12,21,32H,3H2,1-2H3;4-12H,3H2,1-2H3. The number of carbonyl (C=O) groups is 1. The maximum Gasteiger partial charge on any atom is 0.406 e. The molecule has 0 aliphatic heterocycles. The monoisotopic (exact) mass is 1090 g/mol. The maximum atomic E-state index is 14.3. The first-order valence-corrected chi connectivity index (χ1v) is 22.3. The first-order valence-electron chi connectivity index (χ1n) is 20.7. The van der Waals surface area contributed by atoms with Gasteiger partial charge >= 0.3 is 11.6 Å².